The number of rotatable bonds is 1. The van der Waals surface area contributed by atoms with Gasteiger partial charge in [-0.25, -0.2) is 9.97 Å². The fraction of sp³-hybridized carbons (Fsp3) is 0.0556. The quantitative estimate of drug-likeness (QED) is 0.532. The molecular formula is C18H11F3N4. The lowest BCUT2D eigenvalue weighted by molar-refractivity contribution is -0.137. The summed E-state index contributed by atoms with van der Waals surface area (Å²) in [6.07, 6.45) is -1.64. The summed E-state index contributed by atoms with van der Waals surface area (Å²) in [6.45, 7) is 0. The van der Waals surface area contributed by atoms with Crippen LogP contribution in [0.5, 0.6) is 0 Å². The molecule has 0 atom stereocenters. The Hall–Kier alpha value is -3.22. The molecule has 0 spiro atoms. The van der Waals surface area contributed by atoms with Crippen LogP contribution in [0.25, 0.3) is 27.8 Å². The lowest BCUT2D eigenvalue weighted by Crippen LogP contribution is -2.17. The van der Waals surface area contributed by atoms with E-state index in [-0.39, 0.29) is 16.8 Å². The first-order chi connectivity index (χ1) is 11.9. The molecule has 0 fully saturated rings. The molecule has 3 aromatic heterocycles. The molecule has 1 aromatic carbocycles. The highest BCUT2D eigenvalue weighted by Gasteiger charge is 2.30. The number of hydrogen-bond acceptors (Lipinski definition) is 3. The van der Waals surface area contributed by atoms with E-state index in [1.807, 2.05) is 30.3 Å². The first kappa shape index (κ1) is 15.3. The minimum Gasteiger partial charge on any atom is -0.286 e. The molecule has 0 aliphatic heterocycles. The summed E-state index contributed by atoms with van der Waals surface area (Å²) in [4.78, 5) is 8.41. The van der Waals surface area contributed by atoms with E-state index in [2.05, 4.69) is 9.97 Å². The maximum Gasteiger partial charge on any atom is 0.416 e. The largest absolute Gasteiger partial charge is 0.416 e. The Morgan fingerprint density at radius 3 is 2.44 bits per heavy atom. The van der Waals surface area contributed by atoms with Crippen LogP contribution in [0, 0.1) is 5.41 Å². The number of nitrogens with zero attached hydrogens (tertiary/aromatic N) is 3. The van der Waals surface area contributed by atoms with E-state index in [1.165, 1.54) is 10.6 Å². The Kier molecular flexibility index (Phi) is 3.31. The third-order valence-electron chi connectivity index (χ3n) is 3.95. The van der Waals surface area contributed by atoms with Crippen molar-refractivity contribution in [3.8, 4) is 11.1 Å². The average Bonchev–Trinajstić information content (AvgIpc) is 2.61. The van der Waals surface area contributed by atoms with Crippen molar-refractivity contribution in [3.05, 3.63) is 72.0 Å². The summed E-state index contributed by atoms with van der Waals surface area (Å²) in [5.74, 6) is 0. The molecule has 7 heteroatoms. The molecule has 25 heavy (non-hydrogen) atoms. The monoisotopic (exact) mass is 340 g/mol. The second-order valence-electron chi connectivity index (χ2n) is 5.56. The van der Waals surface area contributed by atoms with E-state index < -0.39 is 11.7 Å². The van der Waals surface area contributed by atoms with Gasteiger partial charge in [0, 0.05) is 18.0 Å². The Morgan fingerprint density at radius 1 is 0.960 bits per heavy atom. The Balaban J connectivity index is 1.97. The maximum atomic E-state index is 12.9. The fourth-order valence-electron chi connectivity index (χ4n) is 2.69. The summed E-state index contributed by atoms with van der Waals surface area (Å²) >= 11 is 0. The molecule has 0 saturated carbocycles. The van der Waals surface area contributed by atoms with Gasteiger partial charge in [0.15, 0.2) is 5.65 Å². The number of aromatic nitrogens is 3. The smallest absolute Gasteiger partial charge is 0.286 e. The zero-order chi connectivity index (χ0) is 17.6. The molecule has 0 unspecified atom stereocenters. The molecule has 0 aliphatic rings. The number of fused-ring (bicyclic) bond motifs is 2. The van der Waals surface area contributed by atoms with Gasteiger partial charge in [-0.15, -0.1) is 0 Å². The molecule has 4 aromatic rings. The number of alkyl halides is 3. The van der Waals surface area contributed by atoms with Crippen molar-refractivity contribution in [1.29, 1.82) is 5.41 Å². The summed E-state index contributed by atoms with van der Waals surface area (Å²) in [5, 5.41) is 8.79. The molecule has 124 valence electrons. The molecule has 0 radical (unpaired) electrons. The highest BCUT2D eigenvalue weighted by molar-refractivity contribution is 5.81. The predicted octanol–water partition coefficient (Wildman–Crippen LogP) is 4.05. The van der Waals surface area contributed by atoms with Gasteiger partial charge in [0.1, 0.15) is 11.1 Å². The van der Waals surface area contributed by atoms with Crippen molar-refractivity contribution in [1.82, 2.24) is 14.4 Å². The van der Waals surface area contributed by atoms with Crippen LogP contribution >= 0.6 is 0 Å². The Bertz CT molecular complexity index is 1150. The zero-order valence-electron chi connectivity index (χ0n) is 12.7. The van der Waals surface area contributed by atoms with E-state index in [1.54, 1.807) is 12.3 Å². The van der Waals surface area contributed by atoms with E-state index >= 15 is 0 Å². The van der Waals surface area contributed by atoms with Gasteiger partial charge in [-0.2, -0.15) is 13.2 Å². The number of halogens is 3. The average molecular weight is 340 g/mol. The normalized spacial score (nSPS) is 12.0. The van der Waals surface area contributed by atoms with E-state index in [0.717, 1.165) is 23.3 Å². The van der Waals surface area contributed by atoms with Crippen molar-refractivity contribution < 1.29 is 13.2 Å². The van der Waals surface area contributed by atoms with Gasteiger partial charge in [0.25, 0.3) is 0 Å². The fourth-order valence-corrected chi connectivity index (χ4v) is 2.69. The van der Waals surface area contributed by atoms with Crippen LogP contribution in [0.1, 0.15) is 5.56 Å². The van der Waals surface area contributed by atoms with E-state index in [0.29, 0.717) is 5.39 Å². The topological polar surface area (TPSA) is 54.0 Å². The molecule has 4 rings (SSSR count). The number of nitrogens with one attached hydrogen (secondary N) is 1. The van der Waals surface area contributed by atoms with Crippen LogP contribution in [-0.2, 0) is 6.18 Å². The molecular weight excluding hydrogens is 329 g/mol. The Labute approximate surface area is 139 Å². The molecule has 0 bridgehead atoms. The van der Waals surface area contributed by atoms with Crippen molar-refractivity contribution in [2.75, 3.05) is 0 Å². The highest BCUT2D eigenvalue weighted by Crippen LogP contribution is 2.29. The van der Waals surface area contributed by atoms with E-state index in [4.69, 9.17) is 5.41 Å². The van der Waals surface area contributed by atoms with E-state index in [9.17, 15) is 13.2 Å². The summed E-state index contributed by atoms with van der Waals surface area (Å²) in [7, 11) is 0. The van der Waals surface area contributed by atoms with Crippen LogP contribution in [0.4, 0.5) is 13.2 Å². The zero-order valence-corrected chi connectivity index (χ0v) is 12.7. The van der Waals surface area contributed by atoms with Crippen LogP contribution in [0.15, 0.2) is 60.9 Å². The third-order valence-corrected chi connectivity index (χ3v) is 3.95. The number of pyridine rings is 2. The first-order valence-corrected chi connectivity index (χ1v) is 7.43. The van der Waals surface area contributed by atoms with Crippen LogP contribution in [0.2, 0.25) is 0 Å². The number of hydrogen-bond donors (Lipinski definition) is 1. The van der Waals surface area contributed by atoms with Gasteiger partial charge in [0.05, 0.1) is 10.9 Å². The van der Waals surface area contributed by atoms with Crippen molar-refractivity contribution in [3.63, 3.8) is 0 Å². The molecule has 0 aliphatic carbocycles. The second-order valence-corrected chi connectivity index (χ2v) is 5.56. The second kappa shape index (κ2) is 5.41. The predicted molar refractivity (Wildman–Crippen MR) is 86.8 cm³/mol. The maximum absolute atomic E-state index is 12.9. The van der Waals surface area contributed by atoms with Crippen molar-refractivity contribution in [2.45, 2.75) is 6.18 Å². The van der Waals surface area contributed by atoms with Crippen molar-refractivity contribution in [2.24, 2.45) is 0 Å². The Morgan fingerprint density at radius 2 is 1.72 bits per heavy atom. The first-order valence-electron chi connectivity index (χ1n) is 7.43. The van der Waals surface area contributed by atoms with Gasteiger partial charge in [-0.1, -0.05) is 30.3 Å². The van der Waals surface area contributed by atoms with Gasteiger partial charge >= 0.3 is 6.18 Å². The van der Waals surface area contributed by atoms with Gasteiger partial charge in [-0.3, -0.25) is 9.81 Å². The standard InChI is InChI=1S/C18H11F3N4/c19-18(20,21)13-6-7-25-15(9-13)24-17-14(16(25)22)8-12(10-23-17)11-4-2-1-3-5-11/h1-10,22H. The lowest BCUT2D eigenvalue weighted by atomic mass is 10.1. The van der Waals surface area contributed by atoms with Crippen molar-refractivity contribution >= 4 is 16.7 Å². The van der Waals surface area contributed by atoms with Gasteiger partial charge in [0.2, 0.25) is 0 Å². The molecule has 0 saturated heterocycles. The summed E-state index contributed by atoms with van der Waals surface area (Å²) < 4.78 is 39.9. The molecule has 4 nitrogen and oxygen atoms in total. The SMILES string of the molecule is N=c1c2cc(-c3ccccc3)cnc2nc2cc(C(F)(F)F)ccn12. The highest BCUT2D eigenvalue weighted by atomic mass is 19.4. The summed E-state index contributed by atoms with van der Waals surface area (Å²) in [6, 6.07) is 13.2. The minimum absolute atomic E-state index is 0.0345. The van der Waals surface area contributed by atoms with Gasteiger partial charge in [-0.05, 0) is 23.8 Å². The summed E-state index contributed by atoms with van der Waals surface area (Å²) in [5.41, 5.74) is 1.26. The minimum atomic E-state index is -4.46. The van der Waals surface area contributed by atoms with Crippen LogP contribution in [-0.4, -0.2) is 14.4 Å². The molecule has 3 heterocycles. The van der Waals surface area contributed by atoms with Gasteiger partial charge < -0.3 is 0 Å². The molecule has 1 N–H and O–H groups in total. The molecule has 0 amide bonds. The third kappa shape index (κ3) is 2.63. The number of benzene rings is 1. The lowest BCUT2D eigenvalue weighted by Gasteiger charge is -2.10. The van der Waals surface area contributed by atoms with Crippen LogP contribution in [0.3, 0.4) is 0 Å². The van der Waals surface area contributed by atoms with Crippen LogP contribution < -0.4 is 5.49 Å².